The Hall–Kier alpha value is -1.67. The zero-order chi connectivity index (χ0) is 9.80. The summed E-state index contributed by atoms with van der Waals surface area (Å²) >= 11 is 0. The van der Waals surface area contributed by atoms with E-state index in [1.807, 2.05) is 11.1 Å². The van der Waals surface area contributed by atoms with Gasteiger partial charge in [-0.15, -0.1) is 0 Å². The first kappa shape index (κ1) is 8.91. The average Bonchev–Trinajstić information content (AvgIpc) is 2.30. The Kier molecular flexibility index (Phi) is 2.56. The molecule has 0 radical (unpaired) electrons. The van der Waals surface area contributed by atoms with Crippen molar-refractivity contribution in [1.29, 1.82) is 5.26 Å². The first-order chi connectivity index (χ1) is 6.92. The summed E-state index contributed by atoms with van der Waals surface area (Å²) in [6, 6.07) is 2.04. The van der Waals surface area contributed by atoms with Crippen molar-refractivity contribution in [2.75, 3.05) is 18.1 Å². The van der Waals surface area contributed by atoms with Gasteiger partial charge in [0.15, 0.2) is 11.5 Å². The molecule has 0 aliphatic carbocycles. The van der Waals surface area contributed by atoms with Crippen LogP contribution in [0.25, 0.3) is 0 Å². The molecular weight excluding hydrogens is 178 g/mol. The van der Waals surface area contributed by atoms with E-state index in [0.717, 1.165) is 19.5 Å². The highest BCUT2D eigenvalue weighted by Gasteiger charge is 2.15. The van der Waals surface area contributed by atoms with E-state index in [-0.39, 0.29) is 0 Å². The quantitative estimate of drug-likeness (QED) is 0.695. The number of rotatable bonds is 1. The lowest BCUT2D eigenvalue weighted by Gasteiger charge is -2.28. The van der Waals surface area contributed by atoms with Gasteiger partial charge in [0, 0.05) is 25.5 Å². The third-order valence-corrected chi connectivity index (χ3v) is 2.15. The zero-order valence-electron chi connectivity index (χ0n) is 7.77. The first-order valence-corrected chi connectivity index (χ1v) is 4.64. The summed E-state index contributed by atoms with van der Waals surface area (Å²) in [4.78, 5) is 8.12. The molecular formula is C9H11N5. The SMILES string of the molecule is N#Cc1nccnc1N1CCCCN1. The second kappa shape index (κ2) is 4.03. The molecule has 0 aromatic carbocycles. The molecule has 72 valence electrons. The average molecular weight is 189 g/mol. The van der Waals surface area contributed by atoms with Crippen LogP contribution in [0.3, 0.4) is 0 Å². The van der Waals surface area contributed by atoms with Crippen LogP contribution in [0.1, 0.15) is 18.5 Å². The second-order valence-corrected chi connectivity index (χ2v) is 3.11. The molecule has 2 rings (SSSR count). The van der Waals surface area contributed by atoms with Crippen LogP contribution in [0.2, 0.25) is 0 Å². The Morgan fingerprint density at radius 1 is 1.36 bits per heavy atom. The summed E-state index contributed by atoms with van der Waals surface area (Å²) in [6.45, 7) is 1.81. The zero-order valence-corrected chi connectivity index (χ0v) is 7.77. The molecule has 5 heteroatoms. The molecule has 1 aromatic rings. The molecule has 1 aromatic heterocycles. The van der Waals surface area contributed by atoms with Crippen molar-refractivity contribution in [3.05, 3.63) is 18.1 Å². The number of nitriles is 1. The minimum absolute atomic E-state index is 0.377. The van der Waals surface area contributed by atoms with E-state index in [9.17, 15) is 0 Å². The van der Waals surface area contributed by atoms with Crippen molar-refractivity contribution in [1.82, 2.24) is 15.4 Å². The smallest absolute Gasteiger partial charge is 0.184 e. The van der Waals surface area contributed by atoms with Crippen LogP contribution in [0.4, 0.5) is 5.82 Å². The number of hydrazine groups is 1. The van der Waals surface area contributed by atoms with E-state index in [1.165, 1.54) is 12.6 Å². The number of aromatic nitrogens is 2. The lowest BCUT2D eigenvalue weighted by molar-refractivity contribution is 0.506. The lowest BCUT2D eigenvalue weighted by Crippen LogP contribution is -2.44. The molecule has 0 atom stereocenters. The lowest BCUT2D eigenvalue weighted by atomic mass is 10.2. The van der Waals surface area contributed by atoms with Crippen molar-refractivity contribution >= 4 is 5.82 Å². The van der Waals surface area contributed by atoms with Crippen molar-refractivity contribution in [3.8, 4) is 6.07 Å². The van der Waals surface area contributed by atoms with Gasteiger partial charge in [-0.25, -0.2) is 15.4 Å². The van der Waals surface area contributed by atoms with Crippen LogP contribution in [-0.2, 0) is 0 Å². The second-order valence-electron chi connectivity index (χ2n) is 3.11. The van der Waals surface area contributed by atoms with Gasteiger partial charge in [0.2, 0.25) is 0 Å². The molecule has 0 bridgehead atoms. The molecule has 2 heterocycles. The van der Waals surface area contributed by atoms with Gasteiger partial charge >= 0.3 is 0 Å². The molecule has 14 heavy (non-hydrogen) atoms. The van der Waals surface area contributed by atoms with Gasteiger partial charge in [0.25, 0.3) is 0 Å². The molecule has 0 saturated carbocycles. The van der Waals surface area contributed by atoms with E-state index in [2.05, 4.69) is 15.4 Å². The summed E-state index contributed by atoms with van der Waals surface area (Å²) in [6.07, 6.45) is 5.42. The summed E-state index contributed by atoms with van der Waals surface area (Å²) in [5, 5.41) is 10.7. The third kappa shape index (κ3) is 1.65. The summed E-state index contributed by atoms with van der Waals surface area (Å²) in [5.74, 6) is 0.634. The highest BCUT2D eigenvalue weighted by molar-refractivity contribution is 5.48. The Morgan fingerprint density at radius 3 is 2.93 bits per heavy atom. The van der Waals surface area contributed by atoms with Gasteiger partial charge in [0.1, 0.15) is 6.07 Å². The topological polar surface area (TPSA) is 64.8 Å². The highest BCUT2D eigenvalue weighted by atomic mass is 15.5. The highest BCUT2D eigenvalue weighted by Crippen LogP contribution is 2.14. The summed E-state index contributed by atoms with van der Waals surface area (Å²) in [7, 11) is 0. The van der Waals surface area contributed by atoms with Crippen LogP contribution < -0.4 is 10.4 Å². The van der Waals surface area contributed by atoms with Gasteiger partial charge in [-0.05, 0) is 12.8 Å². The maximum absolute atomic E-state index is 8.84. The number of hydrogen-bond acceptors (Lipinski definition) is 5. The van der Waals surface area contributed by atoms with Crippen molar-refractivity contribution in [3.63, 3.8) is 0 Å². The number of anilines is 1. The minimum Gasteiger partial charge on any atom is -0.290 e. The normalized spacial score (nSPS) is 16.4. The van der Waals surface area contributed by atoms with E-state index < -0.39 is 0 Å². The molecule has 0 amide bonds. The molecule has 0 spiro atoms. The molecule has 1 saturated heterocycles. The Morgan fingerprint density at radius 2 is 2.21 bits per heavy atom. The minimum atomic E-state index is 0.377. The first-order valence-electron chi connectivity index (χ1n) is 4.64. The van der Waals surface area contributed by atoms with Gasteiger partial charge in [0.05, 0.1) is 0 Å². The third-order valence-electron chi connectivity index (χ3n) is 2.15. The fourth-order valence-corrected chi connectivity index (χ4v) is 1.48. The Balaban J connectivity index is 2.26. The Labute approximate surface area is 82.4 Å². The van der Waals surface area contributed by atoms with E-state index in [1.54, 1.807) is 6.20 Å². The molecule has 1 aliphatic heterocycles. The molecule has 1 N–H and O–H groups in total. The van der Waals surface area contributed by atoms with Gasteiger partial charge in [-0.2, -0.15) is 5.26 Å². The number of nitrogens with zero attached hydrogens (tertiary/aromatic N) is 4. The van der Waals surface area contributed by atoms with Crippen LogP contribution in [0, 0.1) is 11.3 Å². The standard InChI is InChI=1S/C9H11N5/c10-7-8-9(12-5-4-11-8)14-6-2-1-3-13-14/h4-5,13H,1-3,6H2. The summed E-state index contributed by atoms with van der Waals surface area (Å²) < 4.78 is 0. The van der Waals surface area contributed by atoms with E-state index in [0.29, 0.717) is 11.5 Å². The largest absolute Gasteiger partial charge is 0.290 e. The molecule has 1 fully saturated rings. The maximum Gasteiger partial charge on any atom is 0.184 e. The van der Waals surface area contributed by atoms with Crippen molar-refractivity contribution in [2.45, 2.75) is 12.8 Å². The van der Waals surface area contributed by atoms with Crippen molar-refractivity contribution < 1.29 is 0 Å². The Bertz CT molecular complexity index is 350. The predicted molar refractivity (Wildman–Crippen MR) is 51.3 cm³/mol. The van der Waals surface area contributed by atoms with Crippen LogP contribution in [0.5, 0.6) is 0 Å². The predicted octanol–water partition coefficient (Wildman–Crippen LogP) is 0.453. The molecule has 1 aliphatic rings. The monoisotopic (exact) mass is 189 g/mol. The molecule has 5 nitrogen and oxygen atoms in total. The molecule has 0 unspecified atom stereocenters. The van der Waals surface area contributed by atoms with Crippen LogP contribution >= 0.6 is 0 Å². The summed E-state index contributed by atoms with van der Waals surface area (Å²) in [5.41, 5.74) is 3.57. The van der Waals surface area contributed by atoms with Crippen LogP contribution in [0.15, 0.2) is 12.4 Å². The van der Waals surface area contributed by atoms with Gasteiger partial charge in [-0.1, -0.05) is 0 Å². The number of hydrogen-bond donors (Lipinski definition) is 1. The van der Waals surface area contributed by atoms with Crippen molar-refractivity contribution in [2.24, 2.45) is 0 Å². The maximum atomic E-state index is 8.84. The van der Waals surface area contributed by atoms with E-state index in [4.69, 9.17) is 5.26 Å². The fourth-order valence-electron chi connectivity index (χ4n) is 1.48. The fraction of sp³-hybridized carbons (Fsp3) is 0.444. The van der Waals surface area contributed by atoms with Crippen LogP contribution in [-0.4, -0.2) is 23.1 Å². The number of nitrogens with one attached hydrogen (secondary N) is 1. The van der Waals surface area contributed by atoms with Gasteiger partial charge in [-0.3, -0.25) is 5.01 Å². The van der Waals surface area contributed by atoms with Gasteiger partial charge < -0.3 is 0 Å². The van der Waals surface area contributed by atoms with E-state index >= 15 is 0 Å².